The lowest BCUT2D eigenvalue weighted by molar-refractivity contribution is -0.138. The number of hydrogen-bond acceptors (Lipinski definition) is 6. The summed E-state index contributed by atoms with van der Waals surface area (Å²) >= 11 is 7.65. The summed E-state index contributed by atoms with van der Waals surface area (Å²) in [5.74, 6) is -0.0972. The third-order valence-electron chi connectivity index (χ3n) is 2.51. The lowest BCUT2D eigenvalue weighted by Gasteiger charge is -2.27. The summed E-state index contributed by atoms with van der Waals surface area (Å²) in [5, 5.41) is 2.98. The Kier molecular flexibility index (Phi) is 19.4. The van der Waals surface area contributed by atoms with Gasteiger partial charge in [0.25, 0.3) is 0 Å². The van der Waals surface area contributed by atoms with Crippen molar-refractivity contribution in [2.24, 2.45) is 0 Å². The van der Waals surface area contributed by atoms with Crippen LogP contribution in [0.5, 0.6) is 0 Å². The van der Waals surface area contributed by atoms with E-state index in [-0.39, 0.29) is 11.8 Å². The molecule has 0 atom stereocenters. The largest absolute Gasteiger partial charge is 0.463 e. The molecule has 0 unspecified atom stereocenters. The molecule has 8 heteroatoms. The number of hydrogen-bond donors (Lipinski definition) is 2. The van der Waals surface area contributed by atoms with Crippen LogP contribution in [-0.2, 0) is 18.4 Å². The molecule has 0 saturated carbocycles. The summed E-state index contributed by atoms with van der Waals surface area (Å²) in [6.07, 6.45) is 1.56. The summed E-state index contributed by atoms with van der Waals surface area (Å²) in [5.41, 5.74) is 1.28. The molecule has 0 aliphatic heterocycles. The minimum Gasteiger partial charge on any atom is -0.463 e. The molecule has 4 nitrogen and oxygen atoms in total. The molecule has 27 heavy (non-hydrogen) atoms. The molecule has 0 fully saturated rings. The quantitative estimate of drug-likeness (QED) is 0.208. The lowest BCUT2D eigenvalue weighted by Crippen LogP contribution is -2.39. The van der Waals surface area contributed by atoms with Crippen molar-refractivity contribution >= 4 is 53.6 Å². The predicted molar refractivity (Wildman–Crippen MR) is 130 cm³/mol. The van der Waals surface area contributed by atoms with E-state index < -0.39 is 16.6 Å². The first-order valence-electron chi connectivity index (χ1n) is 9.17. The zero-order chi connectivity index (χ0) is 22.3. The second kappa shape index (κ2) is 16.6. The van der Waals surface area contributed by atoms with Crippen molar-refractivity contribution in [2.75, 3.05) is 6.61 Å². The molecule has 0 aliphatic carbocycles. The third kappa shape index (κ3) is 25.7. The number of carbonyl (C=O) groups excluding carboxylic acids is 2. The molecule has 0 spiro atoms. The van der Waals surface area contributed by atoms with Gasteiger partial charge in [-0.25, -0.2) is 4.79 Å². The first kappa shape index (κ1) is 31.4. The Morgan fingerprint density at radius 2 is 1.26 bits per heavy atom. The van der Waals surface area contributed by atoms with Crippen LogP contribution >= 0.6 is 25.3 Å². The van der Waals surface area contributed by atoms with E-state index >= 15 is 0 Å². The van der Waals surface area contributed by atoms with E-state index in [0.717, 1.165) is 12.0 Å². The van der Waals surface area contributed by atoms with Gasteiger partial charge < -0.3 is 8.85 Å². The van der Waals surface area contributed by atoms with Crippen LogP contribution in [0.4, 0.5) is 0 Å². The molecular weight excluding hydrogens is 413 g/mol. The molecule has 0 aliphatic rings. The molecule has 0 heterocycles. The molecule has 0 aromatic rings. The number of ether oxygens (including phenoxy) is 1. The number of carbonyl (C=O) groups is 2. The monoisotopic (exact) mass is 452 g/mol. The van der Waals surface area contributed by atoms with Gasteiger partial charge in [0.15, 0.2) is 22.4 Å². The van der Waals surface area contributed by atoms with Gasteiger partial charge in [0.2, 0.25) is 0 Å². The second-order valence-corrected chi connectivity index (χ2v) is 17.6. The summed E-state index contributed by atoms with van der Waals surface area (Å²) < 4.78 is 10.5. The number of esters is 1. The van der Waals surface area contributed by atoms with Gasteiger partial charge in [-0.1, -0.05) is 6.92 Å². The van der Waals surface area contributed by atoms with Crippen molar-refractivity contribution in [1.82, 2.24) is 0 Å². The van der Waals surface area contributed by atoms with Crippen LogP contribution in [-0.4, -0.2) is 35.0 Å². The van der Waals surface area contributed by atoms with Crippen LogP contribution in [0.3, 0.4) is 0 Å². The van der Waals surface area contributed by atoms with Crippen molar-refractivity contribution in [3.8, 4) is 0 Å². The van der Waals surface area contributed by atoms with E-state index in [9.17, 15) is 9.59 Å². The summed E-state index contributed by atoms with van der Waals surface area (Å²) in [6.45, 7) is 21.1. The van der Waals surface area contributed by atoms with Gasteiger partial charge in [0.05, 0.1) is 6.61 Å². The van der Waals surface area contributed by atoms with Crippen LogP contribution in [0.2, 0.25) is 39.3 Å². The Bertz CT molecular complexity index is 447. The van der Waals surface area contributed by atoms with Crippen molar-refractivity contribution in [1.29, 1.82) is 0 Å². The average molecular weight is 453 g/mol. The average Bonchev–Trinajstić information content (AvgIpc) is 2.51. The van der Waals surface area contributed by atoms with E-state index in [4.69, 9.17) is 4.12 Å². The smallest absolute Gasteiger partial charge is 0.334 e. The second-order valence-electron chi connectivity index (χ2n) is 7.84. The molecular formula is C19H40O4S2Si2. The molecule has 0 bridgehead atoms. The van der Waals surface area contributed by atoms with E-state index in [1.54, 1.807) is 26.2 Å². The van der Waals surface area contributed by atoms with Crippen molar-refractivity contribution < 1.29 is 18.4 Å². The summed E-state index contributed by atoms with van der Waals surface area (Å²) in [7, 11) is -2.46. The first-order valence-corrected chi connectivity index (χ1v) is 17.0. The van der Waals surface area contributed by atoms with Gasteiger partial charge in [-0.15, -0.1) is 0 Å². The molecule has 0 amide bonds. The molecule has 0 radical (unpaired) electrons. The molecule has 0 aromatic carbocycles. The Morgan fingerprint density at radius 1 is 0.852 bits per heavy atom. The van der Waals surface area contributed by atoms with Crippen molar-refractivity contribution in [3.63, 3.8) is 0 Å². The van der Waals surface area contributed by atoms with E-state index in [1.165, 1.54) is 5.41 Å². The third-order valence-corrected chi connectivity index (χ3v) is 8.19. The Hall–Kier alpha value is -0.286. The fourth-order valence-electron chi connectivity index (χ4n) is 1.71. The Morgan fingerprint density at radius 3 is 1.48 bits per heavy atom. The number of allylic oxidation sites excluding steroid dienone is 1. The number of Topliss-reactive ketones (excluding diaryl/α,β-unsaturated/α-hetero) is 1. The highest BCUT2D eigenvalue weighted by Crippen LogP contribution is 2.12. The van der Waals surface area contributed by atoms with E-state index in [0.29, 0.717) is 18.6 Å². The fraction of sp³-hybridized carbons (Fsp3) is 0.684. The highest BCUT2D eigenvalue weighted by atomic mass is 32.1. The van der Waals surface area contributed by atoms with Gasteiger partial charge in [0, 0.05) is 12.0 Å². The molecule has 0 N–H and O–H groups in total. The SMILES string of the molecule is CCCC(=O)/C(C)=C/S.CCOC(=O)/C(C)=C/S.C[Si](C)(C)O[Si](C)(C)C. The van der Waals surface area contributed by atoms with Crippen molar-refractivity contribution in [2.45, 2.75) is 79.8 Å². The van der Waals surface area contributed by atoms with Crippen LogP contribution in [0.25, 0.3) is 0 Å². The normalized spacial score (nSPS) is 12.3. The Labute approximate surface area is 180 Å². The minimum atomic E-state index is -1.23. The van der Waals surface area contributed by atoms with E-state index in [1.807, 2.05) is 6.92 Å². The maximum atomic E-state index is 10.9. The van der Waals surface area contributed by atoms with Crippen LogP contribution in [0.15, 0.2) is 22.0 Å². The molecule has 0 rings (SSSR count). The molecule has 0 aromatic heterocycles. The van der Waals surface area contributed by atoms with E-state index in [2.05, 4.69) is 69.3 Å². The topological polar surface area (TPSA) is 52.6 Å². The Balaban J connectivity index is -0.000000320. The van der Waals surface area contributed by atoms with Crippen LogP contribution in [0.1, 0.15) is 40.5 Å². The van der Waals surface area contributed by atoms with Crippen LogP contribution in [0, 0.1) is 0 Å². The predicted octanol–water partition coefficient (Wildman–Crippen LogP) is 6.25. The van der Waals surface area contributed by atoms with Gasteiger partial charge in [-0.05, 0) is 82.9 Å². The standard InChI is InChI=1S/C7H12OS.C6H10O2S.C6H18OSi2/c1-3-4-7(8)6(2)5-9;1-3-8-6(7)5(2)4-9;1-8(2,3)7-9(4,5)6/h5,9H,3-4H2,1-2H3;4,9H,3H2,1-2H3;1-6H3/b6-5+;5-4+;. The highest BCUT2D eigenvalue weighted by molar-refractivity contribution is 7.83. The summed E-state index contributed by atoms with van der Waals surface area (Å²) in [6, 6.07) is 0. The fourth-order valence-corrected chi connectivity index (χ4v) is 9.31. The zero-order valence-corrected chi connectivity index (χ0v) is 22.6. The van der Waals surface area contributed by atoms with Gasteiger partial charge in [-0.3, -0.25) is 4.79 Å². The van der Waals surface area contributed by atoms with Gasteiger partial charge in [0.1, 0.15) is 0 Å². The number of thiol groups is 2. The van der Waals surface area contributed by atoms with Gasteiger partial charge in [-0.2, -0.15) is 25.3 Å². The zero-order valence-electron chi connectivity index (χ0n) is 18.8. The maximum Gasteiger partial charge on any atom is 0.334 e. The van der Waals surface area contributed by atoms with Crippen LogP contribution < -0.4 is 0 Å². The lowest BCUT2D eigenvalue weighted by atomic mass is 10.1. The number of rotatable bonds is 7. The minimum absolute atomic E-state index is 0.201. The highest BCUT2D eigenvalue weighted by Gasteiger charge is 2.24. The molecule has 0 saturated heterocycles. The molecule has 160 valence electrons. The van der Waals surface area contributed by atoms with Gasteiger partial charge >= 0.3 is 5.97 Å². The number of ketones is 1. The van der Waals surface area contributed by atoms with Crippen molar-refractivity contribution in [3.05, 3.63) is 22.0 Å². The maximum absolute atomic E-state index is 10.9. The first-order chi connectivity index (χ1) is 12.1. The summed E-state index contributed by atoms with van der Waals surface area (Å²) in [4.78, 5) is 21.5.